The Morgan fingerprint density at radius 2 is 2.18 bits per heavy atom. The fraction of sp³-hybridized carbons (Fsp3) is 0.474. The first-order chi connectivity index (χ1) is 13.3. The van der Waals surface area contributed by atoms with Crippen molar-refractivity contribution in [2.24, 2.45) is 5.92 Å². The number of fused-ring (bicyclic) bond motifs is 1. The van der Waals surface area contributed by atoms with Crippen molar-refractivity contribution in [3.63, 3.8) is 0 Å². The zero-order valence-corrected chi connectivity index (χ0v) is 15.3. The topological polar surface area (TPSA) is 79.0 Å². The molecule has 28 heavy (non-hydrogen) atoms. The number of amides is 1. The molecule has 0 aliphatic carbocycles. The van der Waals surface area contributed by atoms with E-state index in [0.29, 0.717) is 36.4 Å². The van der Waals surface area contributed by atoms with Gasteiger partial charge in [0.05, 0.1) is 17.5 Å². The lowest BCUT2D eigenvalue weighted by Crippen LogP contribution is -2.26. The average molecular weight is 394 g/mol. The molecular formula is C19H21F3N4O2. The predicted molar refractivity (Wildman–Crippen MR) is 96.7 cm³/mol. The summed E-state index contributed by atoms with van der Waals surface area (Å²) < 4.78 is 36.8. The summed E-state index contributed by atoms with van der Waals surface area (Å²) in [6.07, 6.45) is 0.114. The van der Waals surface area contributed by atoms with Crippen LogP contribution in [0.2, 0.25) is 0 Å². The summed E-state index contributed by atoms with van der Waals surface area (Å²) in [7, 11) is 0. The largest absolute Gasteiger partial charge is 0.389 e. The van der Waals surface area contributed by atoms with E-state index in [2.05, 4.69) is 21.5 Å². The molecule has 1 N–H and O–H groups in total. The van der Waals surface area contributed by atoms with Gasteiger partial charge < -0.3 is 9.88 Å². The van der Waals surface area contributed by atoms with Crippen molar-refractivity contribution >= 4 is 22.9 Å². The van der Waals surface area contributed by atoms with E-state index >= 15 is 0 Å². The van der Waals surface area contributed by atoms with Gasteiger partial charge in [0.15, 0.2) is 11.4 Å². The molecule has 6 nitrogen and oxygen atoms in total. The molecule has 1 saturated heterocycles. The van der Waals surface area contributed by atoms with Crippen molar-refractivity contribution < 1.29 is 22.8 Å². The number of halogens is 3. The van der Waals surface area contributed by atoms with Gasteiger partial charge in [-0.05, 0) is 31.3 Å². The maximum Gasteiger partial charge on any atom is 0.389 e. The number of H-pyrrole nitrogens is 1. The molecule has 1 atom stereocenters. The molecule has 2 aromatic heterocycles. The van der Waals surface area contributed by atoms with Crippen molar-refractivity contribution in [1.29, 1.82) is 0 Å². The van der Waals surface area contributed by atoms with Crippen molar-refractivity contribution in [2.45, 2.75) is 38.3 Å². The van der Waals surface area contributed by atoms with E-state index in [-0.39, 0.29) is 36.0 Å². The molecule has 9 heteroatoms. The summed E-state index contributed by atoms with van der Waals surface area (Å²) >= 11 is 0. The van der Waals surface area contributed by atoms with Gasteiger partial charge in [-0.25, -0.2) is 9.97 Å². The molecule has 150 valence electrons. The van der Waals surface area contributed by atoms with Gasteiger partial charge in [0, 0.05) is 32.1 Å². The van der Waals surface area contributed by atoms with Crippen molar-refractivity contribution in [2.75, 3.05) is 13.1 Å². The van der Waals surface area contributed by atoms with E-state index in [1.54, 1.807) is 11.1 Å². The number of rotatable bonds is 7. The molecular weight excluding hydrogens is 373 g/mol. The molecule has 3 rings (SSSR count). The van der Waals surface area contributed by atoms with Crippen LogP contribution in [0, 0.1) is 5.92 Å². The van der Waals surface area contributed by atoms with Crippen LogP contribution < -0.4 is 0 Å². The van der Waals surface area contributed by atoms with Gasteiger partial charge in [-0.1, -0.05) is 6.58 Å². The lowest BCUT2D eigenvalue weighted by molar-refractivity contribution is -0.135. The Morgan fingerprint density at radius 3 is 2.89 bits per heavy atom. The van der Waals surface area contributed by atoms with E-state index in [0.717, 1.165) is 6.42 Å². The standard InChI is InChI=1S/C19H21F3N4O2/c1-2-16(28)26-7-5-12(11-26)8-13-9-23-18-17(25-13)14(10-24-18)15(27)4-3-6-19(20,21)22/h2,9-10,12H,1,3-8,11H2,(H,23,24)/t12-/m1/s1. The van der Waals surface area contributed by atoms with Gasteiger partial charge in [0.2, 0.25) is 5.91 Å². The minimum atomic E-state index is -4.27. The Kier molecular flexibility index (Phi) is 5.81. The first-order valence-corrected chi connectivity index (χ1v) is 9.11. The van der Waals surface area contributed by atoms with Crippen LogP contribution in [0.5, 0.6) is 0 Å². The van der Waals surface area contributed by atoms with Gasteiger partial charge in [-0.15, -0.1) is 0 Å². The number of aromatic nitrogens is 3. The fourth-order valence-electron chi connectivity index (χ4n) is 3.45. The Labute approximate surface area is 159 Å². The third-order valence-corrected chi connectivity index (χ3v) is 4.87. The maximum atomic E-state index is 12.3. The quantitative estimate of drug-likeness (QED) is 0.576. The van der Waals surface area contributed by atoms with E-state index in [4.69, 9.17) is 0 Å². The molecule has 1 aliphatic heterocycles. The zero-order valence-electron chi connectivity index (χ0n) is 15.3. The number of nitrogens with one attached hydrogen (secondary N) is 1. The minimum absolute atomic E-state index is 0.0959. The third-order valence-electron chi connectivity index (χ3n) is 4.87. The van der Waals surface area contributed by atoms with Gasteiger partial charge in [0.1, 0.15) is 5.52 Å². The Bertz CT molecular complexity index is 891. The maximum absolute atomic E-state index is 12.3. The molecule has 0 saturated carbocycles. The molecule has 1 fully saturated rings. The van der Waals surface area contributed by atoms with Crippen LogP contribution in [0.3, 0.4) is 0 Å². The normalized spacial score (nSPS) is 17.2. The van der Waals surface area contributed by atoms with E-state index in [1.807, 2.05) is 0 Å². The summed E-state index contributed by atoms with van der Waals surface area (Å²) in [6, 6.07) is 0. The number of aromatic amines is 1. The number of likely N-dealkylation sites (tertiary alicyclic amines) is 1. The van der Waals surface area contributed by atoms with E-state index in [1.165, 1.54) is 12.3 Å². The predicted octanol–water partition coefficient (Wildman–Crippen LogP) is 3.45. The second kappa shape index (κ2) is 8.12. The SMILES string of the molecule is C=CC(=O)N1CC[C@H](Cc2cnc3[nH]cc(C(=O)CCCC(F)(F)F)c3n2)C1. The summed E-state index contributed by atoms with van der Waals surface area (Å²) in [6.45, 7) is 4.77. The van der Waals surface area contributed by atoms with Crippen molar-refractivity contribution in [3.8, 4) is 0 Å². The van der Waals surface area contributed by atoms with Crippen molar-refractivity contribution in [1.82, 2.24) is 19.9 Å². The summed E-state index contributed by atoms with van der Waals surface area (Å²) in [5, 5.41) is 0. The highest BCUT2D eigenvalue weighted by atomic mass is 19.4. The van der Waals surface area contributed by atoms with Crippen LogP contribution in [0.1, 0.15) is 41.7 Å². The molecule has 2 aromatic rings. The first-order valence-electron chi connectivity index (χ1n) is 9.11. The Hall–Kier alpha value is -2.71. The molecule has 0 unspecified atom stereocenters. The van der Waals surface area contributed by atoms with Gasteiger partial charge >= 0.3 is 6.18 Å². The van der Waals surface area contributed by atoms with Crippen molar-refractivity contribution in [3.05, 3.63) is 36.3 Å². The Morgan fingerprint density at radius 1 is 1.39 bits per heavy atom. The lowest BCUT2D eigenvalue weighted by atomic mass is 10.0. The number of Topliss-reactive ketones (excluding diaryl/α,β-unsaturated/α-hetero) is 1. The second-order valence-corrected chi connectivity index (χ2v) is 7.00. The minimum Gasteiger partial charge on any atom is -0.344 e. The summed E-state index contributed by atoms with van der Waals surface area (Å²) in [4.78, 5) is 37.3. The highest BCUT2D eigenvalue weighted by molar-refractivity contribution is 6.05. The number of hydrogen-bond acceptors (Lipinski definition) is 4. The van der Waals surface area contributed by atoms with Gasteiger partial charge in [-0.2, -0.15) is 13.2 Å². The highest BCUT2D eigenvalue weighted by Crippen LogP contribution is 2.25. The number of alkyl halides is 3. The smallest absolute Gasteiger partial charge is 0.344 e. The van der Waals surface area contributed by atoms with E-state index < -0.39 is 12.6 Å². The monoisotopic (exact) mass is 394 g/mol. The Balaban J connectivity index is 1.68. The fourth-order valence-corrected chi connectivity index (χ4v) is 3.45. The summed E-state index contributed by atoms with van der Waals surface area (Å²) in [5.74, 6) is -0.243. The molecule has 0 radical (unpaired) electrons. The van der Waals surface area contributed by atoms with Crippen LogP contribution in [-0.4, -0.2) is 50.8 Å². The number of ketones is 1. The number of carbonyl (C=O) groups is 2. The van der Waals surface area contributed by atoms with Gasteiger partial charge in [-0.3, -0.25) is 9.59 Å². The van der Waals surface area contributed by atoms with Crippen LogP contribution in [-0.2, 0) is 11.2 Å². The van der Waals surface area contributed by atoms with Crippen LogP contribution >= 0.6 is 0 Å². The van der Waals surface area contributed by atoms with Crippen LogP contribution in [0.15, 0.2) is 25.0 Å². The highest BCUT2D eigenvalue weighted by Gasteiger charge is 2.28. The van der Waals surface area contributed by atoms with E-state index in [9.17, 15) is 22.8 Å². The molecule has 1 aliphatic rings. The van der Waals surface area contributed by atoms with Crippen LogP contribution in [0.25, 0.3) is 11.2 Å². The van der Waals surface area contributed by atoms with Gasteiger partial charge in [0.25, 0.3) is 0 Å². The molecule has 0 spiro atoms. The zero-order chi connectivity index (χ0) is 20.3. The van der Waals surface area contributed by atoms with Crippen LogP contribution in [0.4, 0.5) is 13.2 Å². The molecule has 3 heterocycles. The number of nitrogens with zero attached hydrogens (tertiary/aromatic N) is 3. The molecule has 0 aromatic carbocycles. The average Bonchev–Trinajstić information content (AvgIpc) is 3.26. The number of carbonyl (C=O) groups excluding carboxylic acids is 2. The first kappa shape index (κ1) is 20.0. The summed E-state index contributed by atoms with van der Waals surface area (Å²) in [5.41, 5.74) is 1.76. The molecule has 1 amide bonds. The molecule has 0 bridgehead atoms. The third kappa shape index (κ3) is 4.76. The second-order valence-electron chi connectivity index (χ2n) is 7.00. The number of hydrogen-bond donors (Lipinski definition) is 1. The lowest BCUT2D eigenvalue weighted by Gasteiger charge is -2.13.